The number of aromatic nitrogens is 1. The van der Waals surface area contributed by atoms with Gasteiger partial charge in [-0.25, -0.2) is 0 Å². The number of ether oxygens (including phenoxy) is 1. The van der Waals surface area contributed by atoms with Crippen molar-refractivity contribution in [3.05, 3.63) is 86.0 Å². The predicted octanol–water partition coefficient (Wildman–Crippen LogP) is 5.55. The van der Waals surface area contributed by atoms with Crippen molar-refractivity contribution in [2.24, 2.45) is 4.99 Å². The monoisotopic (exact) mass is 440 g/mol. The van der Waals surface area contributed by atoms with Crippen LogP contribution in [-0.4, -0.2) is 19.4 Å². The summed E-state index contributed by atoms with van der Waals surface area (Å²) in [5.74, 6) is 0. The average Bonchev–Trinajstić information content (AvgIpc) is 3.16. The standard InChI is InChI=1S/C17H13N2.C4H10O.CH3.Pd/c1-2-7-14(8-3-1)16-10-4-5-11-17(16)19-13-15-9-6-12-18-15;1-3-5-4-2;;/h1-13H;3-4H2,1-2H3;1H3;/q-1;;-1;+2. The van der Waals surface area contributed by atoms with Crippen LogP contribution >= 0.6 is 0 Å². The van der Waals surface area contributed by atoms with Crippen molar-refractivity contribution in [3.63, 3.8) is 0 Å². The Hall–Kier alpha value is -1.99. The summed E-state index contributed by atoms with van der Waals surface area (Å²) < 4.78 is 4.83. The van der Waals surface area contributed by atoms with Gasteiger partial charge in [-0.2, -0.15) is 6.20 Å². The minimum Gasteiger partial charge on any atom is -0.663 e. The Balaban J connectivity index is 0.000000798. The third-order valence-corrected chi connectivity index (χ3v) is 3.31. The first-order chi connectivity index (χ1) is 11.8. The molecule has 1 aromatic heterocycles. The van der Waals surface area contributed by atoms with Crippen molar-refractivity contribution in [2.45, 2.75) is 13.8 Å². The molecule has 0 amide bonds. The van der Waals surface area contributed by atoms with Gasteiger partial charge in [0.05, 0.1) is 5.69 Å². The number of benzene rings is 2. The van der Waals surface area contributed by atoms with Gasteiger partial charge in [0.1, 0.15) is 0 Å². The molecule has 0 spiro atoms. The molecule has 0 aliphatic heterocycles. The van der Waals surface area contributed by atoms with Crippen LogP contribution < -0.4 is 4.98 Å². The number of hydrogen-bond donors (Lipinski definition) is 0. The molecule has 0 N–H and O–H groups in total. The van der Waals surface area contributed by atoms with Gasteiger partial charge in [-0.15, -0.1) is 5.69 Å². The van der Waals surface area contributed by atoms with Crippen molar-refractivity contribution in [1.82, 2.24) is 4.98 Å². The van der Waals surface area contributed by atoms with Crippen LogP contribution in [0.1, 0.15) is 19.5 Å². The van der Waals surface area contributed by atoms with Crippen LogP contribution in [0.2, 0.25) is 0 Å². The summed E-state index contributed by atoms with van der Waals surface area (Å²) in [5, 5.41) is 0. The summed E-state index contributed by atoms with van der Waals surface area (Å²) in [6.07, 6.45) is 3.56. The maximum Gasteiger partial charge on any atom is 2.00 e. The van der Waals surface area contributed by atoms with Crippen LogP contribution in [-0.2, 0) is 25.2 Å². The van der Waals surface area contributed by atoms with Crippen LogP contribution in [0.4, 0.5) is 5.69 Å². The molecule has 4 heteroatoms. The molecular formula is C22H26N2OPd. The van der Waals surface area contributed by atoms with Crippen LogP contribution in [0.15, 0.2) is 77.9 Å². The zero-order valence-electron chi connectivity index (χ0n) is 15.5. The second-order valence-corrected chi connectivity index (χ2v) is 4.99. The van der Waals surface area contributed by atoms with Gasteiger partial charge in [0.2, 0.25) is 0 Å². The molecule has 0 radical (unpaired) electrons. The number of aliphatic imine (C=N–C) groups is 1. The van der Waals surface area contributed by atoms with Gasteiger partial charge in [0.15, 0.2) is 0 Å². The largest absolute Gasteiger partial charge is 2.00 e. The quantitative estimate of drug-likeness (QED) is 0.296. The van der Waals surface area contributed by atoms with E-state index in [9.17, 15) is 0 Å². The molecule has 0 aliphatic rings. The fourth-order valence-corrected chi connectivity index (χ4v) is 2.18. The summed E-state index contributed by atoms with van der Waals surface area (Å²) in [4.78, 5) is 8.72. The second-order valence-electron chi connectivity index (χ2n) is 4.99. The normalized spacial score (nSPS) is 9.62. The second kappa shape index (κ2) is 14.2. The third kappa shape index (κ3) is 7.93. The summed E-state index contributed by atoms with van der Waals surface area (Å²) in [7, 11) is 0. The van der Waals surface area contributed by atoms with E-state index in [2.05, 4.69) is 28.2 Å². The maximum atomic E-state index is 4.83. The molecule has 3 rings (SSSR count). The summed E-state index contributed by atoms with van der Waals surface area (Å²) >= 11 is 0. The molecule has 0 bridgehead atoms. The molecule has 3 aromatic rings. The summed E-state index contributed by atoms with van der Waals surface area (Å²) in [6, 6.07) is 22.2. The van der Waals surface area contributed by atoms with Gasteiger partial charge >= 0.3 is 20.4 Å². The fourth-order valence-electron chi connectivity index (χ4n) is 2.18. The first-order valence-electron chi connectivity index (χ1n) is 8.19. The fraction of sp³-hybridized carbons (Fsp3) is 0.182. The molecule has 140 valence electrons. The molecule has 0 saturated heterocycles. The molecule has 1 heterocycles. The van der Waals surface area contributed by atoms with Gasteiger partial charge in [-0.1, -0.05) is 60.7 Å². The Morgan fingerprint density at radius 2 is 1.54 bits per heavy atom. The summed E-state index contributed by atoms with van der Waals surface area (Å²) in [6.45, 7) is 5.67. The number of hydrogen-bond acceptors (Lipinski definition) is 2. The van der Waals surface area contributed by atoms with E-state index in [-0.39, 0.29) is 27.8 Å². The van der Waals surface area contributed by atoms with E-state index in [1.165, 1.54) is 5.56 Å². The minimum atomic E-state index is 0. The zero-order chi connectivity index (χ0) is 17.0. The number of para-hydroxylation sites is 1. The van der Waals surface area contributed by atoms with Crippen molar-refractivity contribution in [2.75, 3.05) is 13.2 Å². The van der Waals surface area contributed by atoms with Gasteiger partial charge in [0, 0.05) is 25.0 Å². The Bertz CT molecular complexity index is 723. The van der Waals surface area contributed by atoms with Crippen LogP contribution in [0.3, 0.4) is 0 Å². The van der Waals surface area contributed by atoms with E-state index in [0.717, 1.165) is 30.2 Å². The summed E-state index contributed by atoms with van der Waals surface area (Å²) in [5.41, 5.74) is 4.14. The number of nitrogens with zero attached hydrogens (tertiary/aromatic N) is 2. The third-order valence-electron chi connectivity index (χ3n) is 3.31. The van der Waals surface area contributed by atoms with Gasteiger partial charge < -0.3 is 17.1 Å². The van der Waals surface area contributed by atoms with Crippen molar-refractivity contribution < 1.29 is 25.2 Å². The molecule has 0 unspecified atom stereocenters. The minimum absolute atomic E-state index is 0. The molecule has 26 heavy (non-hydrogen) atoms. The Kier molecular flexibility index (Phi) is 13.1. The van der Waals surface area contributed by atoms with E-state index in [1.54, 1.807) is 12.4 Å². The van der Waals surface area contributed by atoms with Gasteiger partial charge in [-0.05, 0) is 25.5 Å². The molecule has 0 aliphatic carbocycles. The van der Waals surface area contributed by atoms with Gasteiger partial charge in [-0.3, -0.25) is 4.99 Å². The topological polar surface area (TPSA) is 35.7 Å². The van der Waals surface area contributed by atoms with Crippen LogP contribution in [0, 0.1) is 7.43 Å². The Morgan fingerprint density at radius 3 is 2.12 bits per heavy atom. The predicted molar refractivity (Wildman–Crippen MR) is 107 cm³/mol. The zero-order valence-corrected chi connectivity index (χ0v) is 17.1. The van der Waals surface area contributed by atoms with Crippen LogP contribution in [0.5, 0.6) is 0 Å². The average molecular weight is 441 g/mol. The van der Waals surface area contributed by atoms with Crippen molar-refractivity contribution in [1.29, 1.82) is 0 Å². The van der Waals surface area contributed by atoms with E-state index in [0.29, 0.717) is 0 Å². The molecule has 0 saturated carbocycles. The first-order valence-corrected chi connectivity index (χ1v) is 8.19. The molecule has 0 atom stereocenters. The molecule has 3 nitrogen and oxygen atoms in total. The van der Waals surface area contributed by atoms with Gasteiger partial charge in [0.25, 0.3) is 0 Å². The van der Waals surface area contributed by atoms with E-state index in [4.69, 9.17) is 4.74 Å². The number of rotatable bonds is 5. The van der Waals surface area contributed by atoms with E-state index < -0.39 is 0 Å². The van der Waals surface area contributed by atoms with Crippen LogP contribution in [0.25, 0.3) is 11.1 Å². The molecular weight excluding hydrogens is 415 g/mol. The van der Waals surface area contributed by atoms with Crippen molar-refractivity contribution in [3.8, 4) is 11.1 Å². The maximum absolute atomic E-state index is 4.83. The SMILES string of the molecule is C(=Nc1ccccc1-c1ccccc1)c1ccc[n-]1.CCOCC.[CH3-].[Pd+2]. The molecule has 0 fully saturated rings. The van der Waals surface area contributed by atoms with E-state index in [1.807, 2.05) is 62.4 Å². The Morgan fingerprint density at radius 1 is 0.885 bits per heavy atom. The Labute approximate surface area is 171 Å². The van der Waals surface area contributed by atoms with E-state index >= 15 is 0 Å². The van der Waals surface area contributed by atoms with Crippen molar-refractivity contribution >= 4 is 11.9 Å². The first kappa shape index (κ1) is 24.0. The smallest absolute Gasteiger partial charge is 0.663 e. The molecule has 2 aromatic carbocycles.